The smallest absolute Gasteiger partial charge is 0.406 e. The zero-order valence-electron chi connectivity index (χ0n) is 23.3. The van der Waals surface area contributed by atoms with Crippen molar-refractivity contribution in [1.29, 1.82) is 0 Å². The number of nitrogens with one attached hydrogen (secondary N) is 1. The summed E-state index contributed by atoms with van der Waals surface area (Å²) in [6, 6.07) is 19.5. The van der Waals surface area contributed by atoms with Crippen molar-refractivity contribution in [3.8, 4) is 16.9 Å². The Balaban J connectivity index is 0.000000274. The Hall–Kier alpha value is -3.90. The lowest BCUT2D eigenvalue weighted by Crippen LogP contribution is -2.31. The van der Waals surface area contributed by atoms with Gasteiger partial charge in [0.15, 0.2) is 0 Å². The summed E-state index contributed by atoms with van der Waals surface area (Å²) in [7, 11) is -1.95. The zero-order valence-corrected chi connectivity index (χ0v) is 24.1. The third kappa shape index (κ3) is 9.88. The quantitative estimate of drug-likeness (QED) is 0.324. The van der Waals surface area contributed by atoms with E-state index in [1.54, 1.807) is 23.1 Å². The highest BCUT2D eigenvalue weighted by molar-refractivity contribution is 7.89. The second kappa shape index (κ2) is 14.3. The van der Waals surface area contributed by atoms with Gasteiger partial charge in [-0.1, -0.05) is 61.5 Å². The summed E-state index contributed by atoms with van der Waals surface area (Å²) >= 11 is 0. The first-order valence-electron chi connectivity index (χ1n) is 13.2. The van der Waals surface area contributed by atoms with Gasteiger partial charge in [0.25, 0.3) is 0 Å². The van der Waals surface area contributed by atoms with Crippen LogP contribution in [0.25, 0.3) is 11.1 Å². The Morgan fingerprint density at radius 2 is 1.64 bits per heavy atom. The molecule has 226 valence electrons. The second-order valence-corrected chi connectivity index (χ2v) is 11.8. The van der Waals surface area contributed by atoms with E-state index in [2.05, 4.69) is 17.0 Å². The number of carbonyl (C=O) groups excluding carboxylic acids is 2. The molecule has 1 aliphatic carbocycles. The van der Waals surface area contributed by atoms with Crippen LogP contribution in [0.3, 0.4) is 0 Å². The summed E-state index contributed by atoms with van der Waals surface area (Å²) < 4.78 is 62.6. The van der Waals surface area contributed by atoms with E-state index in [0.717, 1.165) is 30.4 Å². The van der Waals surface area contributed by atoms with Crippen LogP contribution in [0.4, 0.5) is 13.2 Å². The van der Waals surface area contributed by atoms with Gasteiger partial charge in [-0.3, -0.25) is 9.59 Å². The maximum Gasteiger partial charge on any atom is 0.573 e. The Bertz CT molecular complexity index is 1450. The molecule has 0 heterocycles. The lowest BCUT2D eigenvalue weighted by Gasteiger charge is -2.21. The number of amides is 2. The van der Waals surface area contributed by atoms with Crippen molar-refractivity contribution in [2.24, 2.45) is 17.0 Å². The van der Waals surface area contributed by atoms with Gasteiger partial charge in [0.05, 0.1) is 4.90 Å². The van der Waals surface area contributed by atoms with Crippen LogP contribution in [0, 0.1) is 11.8 Å². The lowest BCUT2D eigenvalue weighted by molar-refractivity contribution is -0.274. The predicted octanol–water partition coefficient (Wildman–Crippen LogP) is 5.23. The van der Waals surface area contributed by atoms with E-state index in [-0.39, 0.29) is 29.0 Å². The summed E-state index contributed by atoms with van der Waals surface area (Å²) in [6.07, 6.45) is -1.08. The van der Waals surface area contributed by atoms with Crippen molar-refractivity contribution in [3.05, 3.63) is 83.9 Å². The van der Waals surface area contributed by atoms with Gasteiger partial charge in [-0.2, -0.15) is 0 Å². The number of hydrogen-bond acceptors (Lipinski definition) is 5. The molecule has 8 nitrogen and oxygen atoms in total. The van der Waals surface area contributed by atoms with E-state index in [1.165, 1.54) is 30.3 Å². The number of rotatable bonds is 9. The minimum absolute atomic E-state index is 0.111. The minimum Gasteiger partial charge on any atom is -0.406 e. The van der Waals surface area contributed by atoms with Crippen LogP contribution in [0.2, 0.25) is 0 Å². The highest BCUT2D eigenvalue weighted by atomic mass is 32.2. The monoisotopic (exact) mass is 605 g/mol. The van der Waals surface area contributed by atoms with Crippen molar-refractivity contribution in [3.63, 3.8) is 0 Å². The van der Waals surface area contributed by atoms with Gasteiger partial charge in [0, 0.05) is 31.6 Å². The van der Waals surface area contributed by atoms with Gasteiger partial charge in [-0.25, -0.2) is 13.6 Å². The zero-order chi connectivity index (χ0) is 30.9. The maximum atomic E-state index is 12.6. The van der Waals surface area contributed by atoms with Crippen LogP contribution in [0.1, 0.15) is 37.3 Å². The number of nitrogens with two attached hydrogens (primary N) is 1. The number of carbonyl (C=O) groups is 2. The van der Waals surface area contributed by atoms with Crippen LogP contribution >= 0.6 is 0 Å². The molecule has 42 heavy (non-hydrogen) atoms. The molecule has 2 amide bonds. The maximum absolute atomic E-state index is 12.6. The van der Waals surface area contributed by atoms with Gasteiger partial charge >= 0.3 is 6.36 Å². The van der Waals surface area contributed by atoms with Crippen LogP contribution < -0.4 is 15.2 Å². The van der Waals surface area contributed by atoms with Crippen LogP contribution in [-0.2, 0) is 32.7 Å². The number of hydrogen-bond donors (Lipinski definition) is 2. The number of primary sulfonamides is 1. The molecule has 0 aliphatic heterocycles. The molecule has 4 rings (SSSR count). The standard InChI is InChI=1S/C21H26N2O3S.C9H8F3NO2/c1-15-7-10-18(13-15)21(24)23(2)14-16-8-11-17(12-9-16)19-5-3-4-6-20(19)27(22,25)26;10-9(11,12)15-8-3-1-7(2-4-8)5-13-6-14/h3-6,8-9,11-12,15,18H,7,10,13-14H2,1-2H3,(H2,22,25,26);1-4,6H,5H2,(H,13,14)/t15?,18-;/m0./s1. The number of alkyl halides is 3. The largest absolute Gasteiger partial charge is 0.573 e. The van der Waals surface area contributed by atoms with Crippen LogP contribution in [-0.4, -0.2) is 39.0 Å². The molecule has 0 saturated heterocycles. The molecule has 2 atom stereocenters. The molecular weight excluding hydrogens is 571 g/mol. The molecule has 3 N–H and O–H groups in total. The van der Waals surface area contributed by atoms with Gasteiger partial charge < -0.3 is 15.0 Å². The number of benzene rings is 3. The van der Waals surface area contributed by atoms with Gasteiger partial charge in [-0.15, -0.1) is 13.2 Å². The van der Waals surface area contributed by atoms with E-state index in [9.17, 15) is 31.2 Å². The second-order valence-electron chi connectivity index (χ2n) is 10.2. The van der Waals surface area contributed by atoms with E-state index < -0.39 is 16.4 Å². The molecular formula is C30H34F3N3O5S. The van der Waals surface area contributed by atoms with E-state index in [4.69, 9.17) is 5.14 Å². The van der Waals surface area contributed by atoms with Crippen molar-refractivity contribution < 1.29 is 35.9 Å². The molecule has 0 radical (unpaired) electrons. The van der Waals surface area contributed by atoms with Gasteiger partial charge in [0.2, 0.25) is 22.3 Å². The Morgan fingerprint density at radius 1 is 1.02 bits per heavy atom. The number of ether oxygens (including phenoxy) is 1. The Labute approximate surface area is 243 Å². The van der Waals surface area contributed by atoms with Crippen molar-refractivity contribution in [1.82, 2.24) is 10.2 Å². The van der Waals surface area contributed by atoms with E-state index >= 15 is 0 Å². The molecule has 0 spiro atoms. The molecule has 1 saturated carbocycles. The molecule has 1 unspecified atom stereocenters. The molecule has 1 fully saturated rings. The fraction of sp³-hybridized carbons (Fsp3) is 0.333. The summed E-state index contributed by atoms with van der Waals surface area (Å²) in [5.74, 6) is 0.705. The summed E-state index contributed by atoms with van der Waals surface area (Å²) in [6.45, 7) is 3.02. The first-order chi connectivity index (χ1) is 19.8. The predicted molar refractivity (Wildman–Crippen MR) is 152 cm³/mol. The SMILES string of the molecule is CC1CC[C@H](C(=O)N(C)Cc2ccc(-c3ccccc3S(N)(=O)=O)cc2)C1.O=CNCc1ccc(OC(F)(F)F)cc1. The third-order valence-electron chi connectivity index (χ3n) is 6.85. The molecule has 12 heteroatoms. The minimum atomic E-state index is -4.68. The molecule has 1 aliphatic rings. The number of sulfonamides is 1. The normalized spacial score (nSPS) is 16.6. The van der Waals surface area contributed by atoms with Gasteiger partial charge in [0.1, 0.15) is 5.75 Å². The number of halogens is 3. The molecule has 3 aromatic carbocycles. The van der Waals surface area contributed by atoms with Crippen LogP contribution in [0.15, 0.2) is 77.7 Å². The fourth-order valence-electron chi connectivity index (χ4n) is 4.81. The molecule has 0 aromatic heterocycles. The average molecular weight is 606 g/mol. The van der Waals surface area contributed by atoms with E-state index in [1.807, 2.05) is 31.3 Å². The topological polar surface area (TPSA) is 119 Å². The fourth-order valence-corrected chi connectivity index (χ4v) is 5.57. The number of nitrogens with zero attached hydrogens (tertiary/aromatic N) is 1. The van der Waals surface area contributed by atoms with Crippen molar-refractivity contribution in [2.75, 3.05) is 7.05 Å². The third-order valence-corrected chi connectivity index (χ3v) is 7.81. The van der Waals surface area contributed by atoms with Crippen LogP contribution in [0.5, 0.6) is 5.75 Å². The lowest BCUT2D eigenvalue weighted by atomic mass is 10.0. The summed E-state index contributed by atoms with van der Waals surface area (Å²) in [5, 5.41) is 7.71. The Morgan fingerprint density at radius 3 is 2.19 bits per heavy atom. The van der Waals surface area contributed by atoms with Crippen molar-refractivity contribution in [2.45, 2.75) is 50.5 Å². The summed E-state index contributed by atoms with van der Waals surface area (Å²) in [4.78, 5) is 24.4. The molecule has 3 aromatic rings. The first-order valence-corrected chi connectivity index (χ1v) is 14.8. The average Bonchev–Trinajstić information content (AvgIpc) is 3.38. The van der Waals surface area contributed by atoms with Gasteiger partial charge in [-0.05, 0) is 60.1 Å². The summed E-state index contributed by atoms with van der Waals surface area (Å²) in [5.41, 5.74) is 3.06. The van der Waals surface area contributed by atoms with Crippen molar-refractivity contribution >= 4 is 22.3 Å². The Kier molecular flexibility index (Phi) is 11.1. The highest BCUT2D eigenvalue weighted by Gasteiger charge is 2.31. The first kappa shape index (κ1) is 32.6. The highest BCUT2D eigenvalue weighted by Crippen LogP contribution is 2.32. The van der Waals surface area contributed by atoms with E-state index in [0.29, 0.717) is 30.0 Å². The molecule has 0 bridgehead atoms.